The fraction of sp³-hybridized carbons (Fsp3) is 0.375. The summed E-state index contributed by atoms with van der Waals surface area (Å²) in [7, 11) is 0. The molecule has 20 heavy (non-hydrogen) atoms. The van der Waals surface area contributed by atoms with Crippen molar-refractivity contribution in [3.63, 3.8) is 0 Å². The van der Waals surface area contributed by atoms with Gasteiger partial charge in [-0.3, -0.25) is 0 Å². The largest absolute Gasteiger partial charge is 0.306 e. The van der Waals surface area contributed by atoms with Crippen molar-refractivity contribution in [3.8, 4) is 0 Å². The molecule has 1 aromatic heterocycles. The quantitative estimate of drug-likeness (QED) is 0.849. The van der Waals surface area contributed by atoms with Gasteiger partial charge in [-0.15, -0.1) is 11.3 Å². The van der Waals surface area contributed by atoms with Crippen molar-refractivity contribution in [2.24, 2.45) is 0 Å². The van der Waals surface area contributed by atoms with Gasteiger partial charge in [0.1, 0.15) is 0 Å². The van der Waals surface area contributed by atoms with Gasteiger partial charge < -0.3 is 5.32 Å². The van der Waals surface area contributed by atoms with Crippen molar-refractivity contribution in [1.82, 2.24) is 5.32 Å². The highest BCUT2D eigenvalue weighted by Crippen LogP contribution is 2.33. The average molecular weight is 293 g/mol. The molecule has 1 aliphatic rings. The SMILES string of the molecule is FC(F)c1ccc(CNC2CCCc3sccc32)cc1. The van der Waals surface area contributed by atoms with Crippen LogP contribution in [0, 0.1) is 0 Å². The third kappa shape index (κ3) is 2.91. The van der Waals surface area contributed by atoms with Crippen molar-refractivity contribution in [1.29, 1.82) is 0 Å². The number of alkyl halides is 2. The van der Waals surface area contributed by atoms with Gasteiger partial charge in [0.25, 0.3) is 6.43 Å². The van der Waals surface area contributed by atoms with Gasteiger partial charge in [0.15, 0.2) is 0 Å². The normalized spacial score (nSPS) is 18.2. The highest BCUT2D eigenvalue weighted by atomic mass is 32.1. The van der Waals surface area contributed by atoms with Crippen LogP contribution in [-0.2, 0) is 13.0 Å². The Kier molecular flexibility index (Phi) is 4.13. The van der Waals surface area contributed by atoms with Crippen molar-refractivity contribution in [2.75, 3.05) is 0 Å². The Morgan fingerprint density at radius 2 is 2.00 bits per heavy atom. The Morgan fingerprint density at radius 1 is 1.20 bits per heavy atom. The molecule has 106 valence electrons. The Balaban J connectivity index is 1.63. The number of aryl methyl sites for hydroxylation is 1. The first-order valence-corrected chi connectivity index (χ1v) is 7.78. The fourth-order valence-corrected chi connectivity index (χ4v) is 3.71. The summed E-state index contributed by atoms with van der Waals surface area (Å²) >= 11 is 1.83. The first kappa shape index (κ1) is 13.7. The molecule has 4 heteroatoms. The van der Waals surface area contributed by atoms with Gasteiger partial charge in [-0.2, -0.15) is 0 Å². The summed E-state index contributed by atoms with van der Waals surface area (Å²) in [6.45, 7) is 0.726. The second-order valence-corrected chi connectivity index (χ2v) is 6.17. The minimum absolute atomic E-state index is 0.0894. The maximum absolute atomic E-state index is 12.5. The van der Waals surface area contributed by atoms with Gasteiger partial charge in [-0.1, -0.05) is 24.3 Å². The highest BCUT2D eigenvalue weighted by Gasteiger charge is 2.20. The van der Waals surface area contributed by atoms with Crippen LogP contribution in [0.3, 0.4) is 0 Å². The smallest absolute Gasteiger partial charge is 0.263 e. The summed E-state index contributed by atoms with van der Waals surface area (Å²) < 4.78 is 25.0. The lowest BCUT2D eigenvalue weighted by Crippen LogP contribution is -2.23. The second kappa shape index (κ2) is 6.02. The Labute approximate surface area is 121 Å². The number of halogens is 2. The fourth-order valence-electron chi connectivity index (χ4n) is 2.72. The third-order valence-corrected chi connectivity index (χ3v) is 4.83. The Hall–Kier alpha value is -1.26. The van der Waals surface area contributed by atoms with E-state index in [0.717, 1.165) is 18.5 Å². The number of nitrogens with one attached hydrogen (secondary N) is 1. The molecule has 1 N–H and O–H groups in total. The van der Waals surface area contributed by atoms with E-state index in [-0.39, 0.29) is 5.56 Å². The van der Waals surface area contributed by atoms with Crippen molar-refractivity contribution < 1.29 is 8.78 Å². The molecule has 0 saturated heterocycles. The standard InChI is InChI=1S/C16H17F2NS/c17-16(18)12-6-4-11(5-7-12)10-19-14-2-1-3-15-13(14)8-9-20-15/h4-9,14,16,19H,1-3,10H2. The summed E-state index contributed by atoms with van der Waals surface area (Å²) in [5.41, 5.74) is 2.56. The molecule has 0 fully saturated rings. The minimum atomic E-state index is -2.39. The monoisotopic (exact) mass is 293 g/mol. The molecule has 0 saturated carbocycles. The van der Waals surface area contributed by atoms with E-state index in [1.807, 2.05) is 11.3 Å². The number of benzene rings is 1. The predicted octanol–water partition coefficient (Wildman–Crippen LogP) is 4.85. The van der Waals surface area contributed by atoms with Gasteiger partial charge in [0.2, 0.25) is 0 Å². The minimum Gasteiger partial charge on any atom is -0.306 e. The van der Waals surface area contributed by atoms with Gasteiger partial charge >= 0.3 is 0 Å². The van der Waals surface area contributed by atoms with Crippen molar-refractivity contribution in [2.45, 2.75) is 38.3 Å². The number of hydrogen-bond donors (Lipinski definition) is 1. The van der Waals surface area contributed by atoms with Crippen LogP contribution in [0.4, 0.5) is 8.78 Å². The molecule has 0 bridgehead atoms. The third-order valence-electron chi connectivity index (χ3n) is 3.84. The van der Waals surface area contributed by atoms with Crippen LogP contribution >= 0.6 is 11.3 Å². The highest BCUT2D eigenvalue weighted by molar-refractivity contribution is 7.10. The zero-order chi connectivity index (χ0) is 13.9. The van der Waals surface area contributed by atoms with Gasteiger partial charge in [-0.25, -0.2) is 8.78 Å². The van der Waals surface area contributed by atoms with E-state index < -0.39 is 6.43 Å². The van der Waals surface area contributed by atoms with Crippen molar-refractivity contribution >= 4 is 11.3 Å². The van der Waals surface area contributed by atoms with Crippen LogP contribution < -0.4 is 5.32 Å². The van der Waals surface area contributed by atoms with E-state index in [1.165, 1.54) is 35.4 Å². The molecule has 1 aromatic carbocycles. The van der Waals surface area contributed by atoms with E-state index in [1.54, 1.807) is 12.1 Å². The summed E-state index contributed by atoms with van der Waals surface area (Å²) in [5, 5.41) is 5.70. The molecule has 0 aliphatic heterocycles. The molecule has 0 amide bonds. The average Bonchev–Trinajstić information content (AvgIpc) is 2.94. The molecule has 1 nitrogen and oxygen atoms in total. The molecule has 1 aliphatic carbocycles. The first-order valence-electron chi connectivity index (χ1n) is 6.90. The zero-order valence-electron chi connectivity index (χ0n) is 11.1. The maximum atomic E-state index is 12.5. The number of hydrogen-bond acceptors (Lipinski definition) is 2. The maximum Gasteiger partial charge on any atom is 0.263 e. The molecule has 1 unspecified atom stereocenters. The van der Waals surface area contributed by atoms with E-state index in [0.29, 0.717) is 6.04 Å². The van der Waals surface area contributed by atoms with E-state index in [4.69, 9.17) is 0 Å². The van der Waals surface area contributed by atoms with Crippen molar-refractivity contribution in [3.05, 3.63) is 57.3 Å². The van der Waals surface area contributed by atoms with Crippen LogP contribution in [0.25, 0.3) is 0 Å². The van der Waals surface area contributed by atoms with E-state index in [9.17, 15) is 8.78 Å². The van der Waals surface area contributed by atoms with Gasteiger partial charge in [0.05, 0.1) is 0 Å². The summed E-state index contributed by atoms with van der Waals surface area (Å²) in [6.07, 6.45) is 1.17. The van der Waals surface area contributed by atoms with Crippen LogP contribution in [0.5, 0.6) is 0 Å². The number of fused-ring (bicyclic) bond motifs is 1. The lowest BCUT2D eigenvalue weighted by Gasteiger charge is -2.24. The molecule has 1 heterocycles. The van der Waals surface area contributed by atoms with Gasteiger partial charge in [-0.05, 0) is 41.8 Å². The molecule has 0 radical (unpaired) electrons. The molecular weight excluding hydrogens is 276 g/mol. The van der Waals surface area contributed by atoms with Gasteiger partial charge in [0, 0.05) is 23.0 Å². The zero-order valence-corrected chi connectivity index (χ0v) is 11.9. The Morgan fingerprint density at radius 3 is 2.75 bits per heavy atom. The first-order chi connectivity index (χ1) is 9.74. The van der Waals surface area contributed by atoms with Crippen LogP contribution in [0.1, 0.15) is 46.9 Å². The lowest BCUT2D eigenvalue weighted by atomic mass is 9.94. The Bertz CT molecular complexity index is 562. The molecule has 2 aromatic rings. The van der Waals surface area contributed by atoms with Crippen LogP contribution in [0.15, 0.2) is 35.7 Å². The summed E-state index contributed by atoms with van der Waals surface area (Å²) in [5.74, 6) is 0. The number of thiophene rings is 1. The lowest BCUT2D eigenvalue weighted by molar-refractivity contribution is 0.151. The number of rotatable bonds is 4. The summed E-state index contributed by atoms with van der Waals surface area (Å²) in [4.78, 5) is 1.49. The molecule has 3 rings (SSSR count). The summed E-state index contributed by atoms with van der Waals surface area (Å²) in [6, 6.07) is 9.20. The topological polar surface area (TPSA) is 12.0 Å². The van der Waals surface area contributed by atoms with Crippen LogP contribution in [-0.4, -0.2) is 0 Å². The second-order valence-electron chi connectivity index (χ2n) is 5.17. The van der Waals surface area contributed by atoms with E-state index >= 15 is 0 Å². The molecule has 0 spiro atoms. The molecular formula is C16H17F2NS. The molecule has 1 atom stereocenters. The van der Waals surface area contributed by atoms with Crippen LogP contribution in [0.2, 0.25) is 0 Å². The van der Waals surface area contributed by atoms with E-state index in [2.05, 4.69) is 16.8 Å². The predicted molar refractivity (Wildman–Crippen MR) is 78.2 cm³/mol.